The first-order valence-corrected chi connectivity index (χ1v) is 11.7. The first-order valence-electron chi connectivity index (χ1n) is 10.8. The molecule has 1 aliphatic rings. The molecule has 1 amide bonds. The third kappa shape index (κ3) is 4.08. The van der Waals surface area contributed by atoms with Gasteiger partial charge in [0, 0.05) is 43.0 Å². The van der Waals surface area contributed by atoms with Gasteiger partial charge in [-0.25, -0.2) is 0 Å². The molecule has 1 saturated heterocycles. The van der Waals surface area contributed by atoms with E-state index in [1.807, 2.05) is 24.0 Å². The van der Waals surface area contributed by atoms with Gasteiger partial charge in [0.2, 0.25) is 0 Å². The Labute approximate surface area is 203 Å². The summed E-state index contributed by atoms with van der Waals surface area (Å²) in [5, 5.41) is 18.1. The molecule has 0 aliphatic carbocycles. The lowest BCUT2D eigenvalue weighted by Gasteiger charge is -2.35. The first kappa shape index (κ1) is 22.5. The van der Waals surface area contributed by atoms with E-state index in [9.17, 15) is 19.7 Å². The third-order valence-corrected chi connectivity index (χ3v) is 6.82. The summed E-state index contributed by atoms with van der Waals surface area (Å²) in [5.41, 5.74) is 8.26. The number of fused-ring (bicyclic) bond motifs is 1. The number of anilines is 2. The van der Waals surface area contributed by atoms with Crippen LogP contribution in [0.1, 0.15) is 16.1 Å². The summed E-state index contributed by atoms with van der Waals surface area (Å²) in [5.74, 6) is -0.494. The van der Waals surface area contributed by atoms with Crippen LogP contribution in [0.2, 0.25) is 0 Å². The number of nitro groups is 1. The van der Waals surface area contributed by atoms with Crippen molar-refractivity contribution < 1.29 is 9.72 Å². The smallest absolute Gasteiger partial charge is 0.363 e. The number of aromatic nitrogens is 3. The Kier molecular flexibility index (Phi) is 5.65. The highest BCUT2D eigenvalue weighted by Gasteiger charge is 2.28. The van der Waals surface area contributed by atoms with Gasteiger partial charge in [0.1, 0.15) is 0 Å². The number of benzene rings is 1. The molecule has 0 unspecified atom stereocenters. The minimum Gasteiger partial charge on any atom is -0.390 e. The average Bonchev–Trinajstić information content (AvgIpc) is 3.27. The highest BCUT2D eigenvalue weighted by Crippen LogP contribution is 2.28. The van der Waals surface area contributed by atoms with Crippen LogP contribution in [0, 0.1) is 17.0 Å². The minimum absolute atomic E-state index is 0.179. The summed E-state index contributed by atoms with van der Waals surface area (Å²) in [6.07, 6.45) is 1.46. The first-order chi connectivity index (χ1) is 16.8. The Morgan fingerprint density at radius 3 is 2.40 bits per heavy atom. The number of carbonyl (C=O) groups is 1. The van der Waals surface area contributed by atoms with Crippen LogP contribution in [-0.4, -0.2) is 56.7 Å². The molecule has 0 atom stereocenters. The molecule has 1 aliphatic heterocycles. The molecule has 2 N–H and O–H groups in total. The Balaban J connectivity index is 1.43. The molecule has 1 aromatic carbocycles. The third-order valence-electron chi connectivity index (χ3n) is 6.01. The number of aryl methyl sites for hydroxylation is 1. The van der Waals surface area contributed by atoms with Crippen LogP contribution >= 0.6 is 11.3 Å². The Morgan fingerprint density at radius 1 is 1.09 bits per heavy atom. The Hall–Kier alpha value is -4.32. The number of hydrogen-bond acceptors (Lipinski definition) is 9. The zero-order valence-electron chi connectivity index (χ0n) is 18.7. The van der Waals surface area contributed by atoms with E-state index in [2.05, 4.69) is 10.1 Å². The van der Waals surface area contributed by atoms with E-state index in [1.54, 1.807) is 28.5 Å². The quantitative estimate of drug-likeness (QED) is 0.339. The van der Waals surface area contributed by atoms with E-state index in [0.29, 0.717) is 47.6 Å². The van der Waals surface area contributed by atoms with Gasteiger partial charge in [0.05, 0.1) is 21.8 Å². The number of thiophene rings is 1. The molecule has 178 valence electrons. The van der Waals surface area contributed by atoms with Crippen LogP contribution in [0.25, 0.3) is 16.5 Å². The van der Waals surface area contributed by atoms with Crippen LogP contribution < -0.4 is 16.2 Å². The zero-order chi connectivity index (χ0) is 24.7. The maximum absolute atomic E-state index is 13.5. The van der Waals surface area contributed by atoms with Crippen LogP contribution in [0.15, 0.2) is 52.8 Å². The SMILES string of the molecule is Cc1ccc(-n2nc(C(=O)N3CCN(c4ccc([N+](=O)[O-])nc4)CC3)c3csc(N)c3c2=O)cc1. The molecule has 0 spiro atoms. The molecule has 5 rings (SSSR count). The van der Waals surface area contributed by atoms with Gasteiger partial charge in [-0.15, -0.1) is 11.3 Å². The van der Waals surface area contributed by atoms with E-state index >= 15 is 0 Å². The molecule has 4 heterocycles. The van der Waals surface area contributed by atoms with Gasteiger partial charge >= 0.3 is 5.82 Å². The van der Waals surface area contributed by atoms with Crippen molar-refractivity contribution in [3.63, 3.8) is 0 Å². The molecule has 1 fully saturated rings. The Morgan fingerprint density at radius 2 is 1.77 bits per heavy atom. The molecule has 11 nitrogen and oxygen atoms in total. The van der Waals surface area contributed by atoms with Gasteiger partial charge in [0.15, 0.2) is 11.9 Å². The second-order valence-corrected chi connectivity index (χ2v) is 9.11. The average molecular weight is 492 g/mol. The number of nitrogen functional groups attached to an aromatic ring is 1. The fourth-order valence-corrected chi connectivity index (χ4v) is 4.87. The van der Waals surface area contributed by atoms with Crippen molar-refractivity contribution in [2.75, 3.05) is 36.8 Å². The van der Waals surface area contributed by atoms with Crippen molar-refractivity contribution in [2.24, 2.45) is 0 Å². The van der Waals surface area contributed by atoms with Crippen molar-refractivity contribution in [1.82, 2.24) is 19.7 Å². The second kappa shape index (κ2) is 8.80. The second-order valence-electron chi connectivity index (χ2n) is 8.20. The fourth-order valence-electron chi connectivity index (χ4n) is 4.08. The summed E-state index contributed by atoms with van der Waals surface area (Å²) < 4.78 is 1.23. The zero-order valence-corrected chi connectivity index (χ0v) is 19.6. The molecule has 0 saturated carbocycles. The van der Waals surface area contributed by atoms with E-state index in [-0.39, 0.29) is 23.0 Å². The molecular weight excluding hydrogens is 470 g/mol. The molecule has 0 radical (unpaired) electrons. The van der Waals surface area contributed by atoms with E-state index in [4.69, 9.17) is 5.73 Å². The lowest BCUT2D eigenvalue weighted by atomic mass is 10.1. The number of hydrogen-bond donors (Lipinski definition) is 1. The van der Waals surface area contributed by atoms with Gasteiger partial charge in [0.25, 0.3) is 11.5 Å². The van der Waals surface area contributed by atoms with Gasteiger partial charge in [-0.1, -0.05) is 17.7 Å². The van der Waals surface area contributed by atoms with E-state index in [0.717, 1.165) is 11.3 Å². The van der Waals surface area contributed by atoms with Crippen LogP contribution in [0.3, 0.4) is 0 Å². The topological polar surface area (TPSA) is 140 Å². The van der Waals surface area contributed by atoms with E-state index < -0.39 is 4.92 Å². The minimum atomic E-state index is -0.540. The van der Waals surface area contributed by atoms with Crippen LogP contribution in [-0.2, 0) is 0 Å². The van der Waals surface area contributed by atoms with E-state index in [1.165, 1.54) is 28.3 Å². The lowest BCUT2D eigenvalue weighted by Crippen LogP contribution is -2.49. The monoisotopic (exact) mass is 491 g/mol. The number of nitrogens with zero attached hydrogens (tertiary/aromatic N) is 6. The number of piperazine rings is 1. The molecule has 4 aromatic rings. The summed E-state index contributed by atoms with van der Waals surface area (Å²) in [7, 11) is 0. The van der Waals surface area contributed by atoms with Gasteiger partial charge in [-0.2, -0.15) is 9.78 Å². The number of amides is 1. The number of nitrogens with two attached hydrogens (primary N) is 1. The van der Waals surface area contributed by atoms with Crippen molar-refractivity contribution in [2.45, 2.75) is 6.92 Å². The van der Waals surface area contributed by atoms with Gasteiger partial charge < -0.3 is 25.6 Å². The fraction of sp³-hybridized carbons (Fsp3) is 0.217. The maximum atomic E-state index is 13.5. The van der Waals surface area contributed by atoms with Crippen LogP contribution in [0.5, 0.6) is 0 Å². The van der Waals surface area contributed by atoms with Crippen molar-refractivity contribution in [1.29, 1.82) is 0 Å². The molecule has 35 heavy (non-hydrogen) atoms. The molecule has 0 bridgehead atoms. The highest BCUT2D eigenvalue weighted by atomic mass is 32.1. The molecule has 12 heteroatoms. The molecule has 3 aromatic heterocycles. The van der Waals surface area contributed by atoms with Crippen molar-refractivity contribution in [3.8, 4) is 5.69 Å². The Bertz CT molecular complexity index is 1490. The lowest BCUT2D eigenvalue weighted by molar-refractivity contribution is -0.389. The standard InChI is InChI=1S/C23H21N7O4S/c1-14-2-4-15(5-3-14)29-22(31)19-17(13-35-21(19)24)20(26-29)23(32)28-10-8-27(9-11-28)16-6-7-18(25-12-16)30(33)34/h2-7,12-13H,8-11,24H2,1H3. The van der Waals surface area contributed by atoms with Gasteiger partial charge in [-0.05, 0) is 35.0 Å². The summed E-state index contributed by atoms with van der Waals surface area (Å²) >= 11 is 1.21. The number of pyridine rings is 1. The van der Waals surface area contributed by atoms with Crippen LogP contribution in [0.4, 0.5) is 16.5 Å². The van der Waals surface area contributed by atoms with Gasteiger partial charge in [-0.3, -0.25) is 9.59 Å². The maximum Gasteiger partial charge on any atom is 0.363 e. The molecular formula is C23H21N7O4S. The largest absolute Gasteiger partial charge is 0.390 e. The highest BCUT2D eigenvalue weighted by molar-refractivity contribution is 7.15. The van der Waals surface area contributed by atoms with Crippen molar-refractivity contribution in [3.05, 3.63) is 79.7 Å². The van der Waals surface area contributed by atoms with Crippen molar-refractivity contribution >= 4 is 44.5 Å². The summed E-state index contributed by atoms with van der Waals surface area (Å²) in [4.78, 5) is 44.6. The predicted molar refractivity (Wildman–Crippen MR) is 133 cm³/mol. The normalized spacial score (nSPS) is 13.9. The predicted octanol–water partition coefficient (Wildman–Crippen LogP) is 2.60. The number of rotatable bonds is 4. The summed E-state index contributed by atoms with van der Waals surface area (Å²) in [6, 6.07) is 10.3. The summed E-state index contributed by atoms with van der Waals surface area (Å²) in [6.45, 7) is 3.83. The number of carbonyl (C=O) groups excluding carboxylic acids is 1.